The standard InChI is InChI=1S/C52H28N2O8/c55-47(28-14-33-8-3-1-4-9-33)35-16-26-43-45(30-35)51(59)53(49(43)57)37-18-22-39(23-19-37)61-41-12-7-13-42(32-41)62-40-24-20-38(21-25-40)54-50(58)44-27-17-36(31-46(44)52(54)60)48(56)29-15-34-10-5-2-6-11-34/h1-13,16-27,30-32H. The summed E-state index contributed by atoms with van der Waals surface area (Å²) in [5, 5.41) is 0. The van der Waals surface area contributed by atoms with E-state index in [-0.39, 0.29) is 33.4 Å². The van der Waals surface area contributed by atoms with Crippen LogP contribution in [0.3, 0.4) is 0 Å². The van der Waals surface area contributed by atoms with Gasteiger partial charge >= 0.3 is 0 Å². The monoisotopic (exact) mass is 808 g/mol. The number of benzene rings is 7. The van der Waals surface area contributed by atoms with Crippen molar-refractivity contribution in [2.45, 2.75) is 0 Å². The lowest BCUT2D eigenvalue weighted by Gasteiger charge is -2.15. The number of hydrogen-bond donors (Lipinski definition) is 0. The Morgan fingerprint density at radius 1 is 0.371 bits per heavy atom. The lowest BCUT2D eigenvalue weighted by Crippen LogP contribution is -2.29. The molecular weight excluding hydrogens is 781 g/mol. The number of fused-ring (bicyclic) bond motifs is 2. The summed E-state index contributed by atoms with van der Waals surface area (Å²) in [5.74, 6) is 9.46. The lowest BCUT2D eigenvalue weighted by molar-refractivity contribution is 0.0910. The van der Waals surface area contributed by atoms with Gasteiger partial charge in [0.25, 0.3) is 23.6 Å². The van der Waals surface area contributed by atoms with Crippen molar-refractivity contribution in [3.05, 3.63) is 214 Å². The van der Waals surface area contributed by atoms with Crippen LogP contribution >= 0.6 is 0 Å². The number of ether oxygens (including phenoxy) is 2. The van der Waals surface area contributed by atoms with E-state index in [2.05, 4.69) is 23.7 Å². The van der Waals surface area contributed by atoms with Crippen molar-refractivity contribution in [3.8, 4) is 46.7 Å². The molecule has 0 saturated heterocycles. The van der Waals surface area contributed by atoms with Crippen LogP contribution in [-0.4, -0.2) is 35.2 Å². The van der Waals surface area contributed by atoms with E-state index in [1.54, 1.807) is 97.1 Å². The molecule has 2 aliphatic heterocycles. The highest BCUT2D eigenvalue weighted by atomic mass is 16.5. The van der Waals surface area contributed by atoms with E-state index in [0.717, 1.165) is 9.80 Å². The van der Waals surface area contributed by atoms with Gasteiger partial charge in [-0.1, -0.05) is 54.3 Å². The number of imide groups is 2. The predicted octanol–water partition coefficient (Wildman–Crippen LogP) is 9.34. The molecule has 7 aromatic rings. The number of hydrogen-bond acceptors (Lipinski definition) is 8. The number of carbonyl (C=O) groups is 6. The van der Waals surface area contributed by atoms with Gasteiger partial charge in [-0.2, -0.15) is 0 Å². The third-order valence-corrected chi connectivity index (χ3v) is 9.95. The van der Waals surface area contributed by atoms with E-state index in [1.165, 1.54) is 36.4 Å². The fourth-order valence-electron chi connectivity index (χ4n) is 6.88. The van der Waals surface area contributed by atoms with Crippen molar-refractivity contribution in [2.24, 2.45) is 0 Å². The van der Waals surface area contributed by atoms with Gasteiger partial charge in [0.2, 0.25) is 11.6 Å². The summed E-state index contributed by atoms with van der Waals surface area (Å²) in [7, 11) is 0. The fraction of sp³-hybridized carbons (Fsp3) is 0. The second-order valence-corrected chi connectivity index (χ2v) is 14.0. The molecule has 62 heavy (non-hydrogen) atoms. The smallest absolute Gasteiger partial charge is 0.266 e. The first kappa shape index (κ1) is 38.4. The maximum Gasteiger partial charge on any atom is 0.266 e. The van der Waals surface area contributed by atoms with Gasteiger partial charge in [0.15, 0.2) is 0 Å². The first-order valence-corrected chi connectivity index (χ1v) is 19.1. The Balaban J connectivity index is 0.830. The van der Waals surface area contributed by atoms with Crippen LogP contribution in [0.15, 0.2) is 170 Å². The molecule has 9 rings (SSSR count). The van der Waals surface area contributed by atoms with Gasteiger partial charge in [0.05, 0.1) is 33.6 Å². The molecule has 2 heterocycles. The Labute approximate surface area is 354 Å². The third-order valence-electron chi connectivity index (χ3n) is 9.95. The van der Waals surface area contributed by atoms with E-state index in [9.17, 15) is 28.8 Å². The minimum absolute atomic E-state index is 0.117. The first-order chi connectivity index (χ1) is 30.2. The minimum atomic E-state index is -0.557. The Bertz CT molecular complexity index is 2930. The summed E-state index contributed by atoms with van der Waals surface area (Å²) < 4.78 is 12.1. The van der Waals surface area contributed by atoms with Crippen molar-refractivity contribution in [2.75, 3.05) is 9.80 Å². The average Bonchev–Trinajstić information content (AvgIpc) is 3.71. The average molecular weight is 809 g/mol. The SMILES string of the molecule is O=C(C#Cc1ccccc1)c1ccc2c(c1)C(=O)N(c1ccc(Oc3cccc(Oc4ccc(N5C(=O)c6ccc(C(=O)C#Cc7ccccc7)cc6C5=O)cc4)c3)cc1)C2=O. The quantitative estimate of drug-likeness (QED) is 0.0845. The Morgan fingerprint density at radius 2 is 0.758 bits per heavy atom. The van der Waals surface area contributed by atoms with Gasteiger partial charge in [-0.15, -0.1) is 0 Å². The maximum absolute atomic E-state index is 13.4. The molecule has 0 bridgehead atoms. The molecule has 10 nitrogen and oxygen atoms in total. The molecule has 0 N–H and O–H groups in total. The molecule has 0 spiro atoms. The Morgan fingerprint density at radius 3 is 1.16 bits per heavy atom. The molecule has 10 heteroatoms. The molecule has 294 valence electrons. The molecule has 0 radical (unpaired) electrons. The van der Waals surface area contributed by atoms with Gasteiger partial charge in [-0.05, 0) is 133 Å². The number of anilines is 2. The van der Waals surface area contributed by atoms with Gasteiger partial charge in [0.1, 0.15) is 23.0 Å². The Kier molecular flexibility index (Phi) is 10.1. The lowest BCUT2D eigenvalue weighted by atomic mass is 10.0. The summed E-state index contributed by atoms with van der Waals surface area (Å²) in [6, 6.07) is 46.5. The van der Waals surface area contributed by atoms with E-state index >= 15 is 0 Å². The van der Waals surface area contributed by atoms with Crippen molar-refractivity contribution in [1.29, 1.82) is 0 Å². The van der Waals surface area contributed by atoms with E-state index < -0.39 is 35.2 Å². The Hall–Kier alpha value is -9.12. The maximum atomic E-state index is 13.4. The van der Waals surface area contributed by atoms with Crippen molar-refractivity contribution in [3.63, 3.8) is 0 Å². The minimum Gasteiger partial charge on any atom is -0.457 e. The summed E-state index contributed by atoms with van der Waals surface area (Å²) in [5.41, 5.74) is 3.04. The molecule has 0 aliphatic carbocycles. The number of nitrogens with zero attached hydrogens (tertiary/aromatic N) is 2. The summed E-state index contributed by atoms with van der Waals surface area (Å²) in [6.07, 6.45) is 0. The van der Waals surface area contributed by atoms with Gasteiger partial charge in [-0.3, -0.25) is 28.8 Å². The third kappa shape index (κ3) is 7.62. The second kappa shape index (κ2) is 16.3. The van der Waals surface area contributed by atoms with Crippen LogP contribution < -0.4 is 19.3 Å². The zero-order valence-electron chi connectivity index (χ0n) is 32.3. The van der Waals surface area contributed by atoms with Crippen LogP contribution in [0, 0.1) is 23.7 Å². The molecule has 0 saturated carbocycles. The van der Waals surface area contributed by atoms with Crippen LogP contribution in [0.1, 0.15) is 73.3 Å². The summed E-state index contributed by atoms with van der Waals surface area (Å²) >= 11 is 0. The van der Waals surface area contributed by atoms with Crippen LogP contribution in [0.25, 0.3) is 0 Å². The number of carbonyl (C=O) groups excluding carboxylic acids is 6. The van der Waals surface area contributed by atoms with E-state index in [1.807, 2.05) is 36.4 Å². The van der Waals surface area contributed by atoms with Gasteiger partial charge < -0.3 is 9.47 Å². The molecule has 0 atom stereocenters. The molecule has 0 fully saturated rings. The van der Waals surface area contributed by atoms with Crippen molar-refractivity contribution < 1.29 is 38.2 Å². The van der Waals surface area contributed by atoms with Gasteiger partial charge in [-0.25, -0.2) is 9.80 Å². The highest BCUT2D eigenvalue weighted by Crippen LogP contribution is 2.35. The van der Waals surface area contributed by atoms with Gasteiger partial charge in [0, 0.05) is 28.3 Å². The molecular formula is C52H28N2O8. The summed E-state index contributed by atoms with van der Waals surface area (Å²) in [6.45, 7) is 0. The summed E-state index contributed by atoms with van der Waals surface area (Å²) in [4.78, 5) is 81.2. The molecule has 4 amide bonds. The molecule has 2 aliphatic rings. The number of Topliss-reactive ketones (excluding diaryl/α,β-unsaturated/α-hetero) is 2. The largest absolute Gasteiger partial charge is 0.457 e. The normalized spacial score (nSPS) is 12.5. The first-order valence-electron chi connectivity index (χ1n) is 19.1. The molecule has 0 unspecified atom stereocenters. The van der Waals surface area contributed by atoms with Crippen molar-refractivity contribution in [1.82, 2.24) is 0 Å². The van der Waals surface area contributed by atoms with Crippen LogP contribution in [-0.2, 0) is 0 Å². The second-order valence-electron chi connectivity index (χ2n) is 14.0. The van der Waals surface area contributed by atoms with Crippen LogP contribution in [0.2, 0.25) is 0 Å². The molecule has 7 aromatic carbocycles. The molecule has 0 aromatic heterocycles. The number of rotatable bonds is 8. The number of amides is 4. The predicted molar refractivity (Wildman–Crippen MR) is 230 cm³/mol. The topological polar surface area (TPSA) is 127 Å². The zero-order chi connectivity index (χ0) is 42.7. The highest BCUT2D eigenvalue weighted by Gasteiger charge is 2.38. The zero-order valence-corrected chi connectivity index (χ0v) is 32.3. The van der Waals surface area contributed by atoms with E-state index in [4.69, 9.17) is 9.47 Å². The van der Waals surface area contributed by atoms with Crippen molar-refractivity contribution >= 4 is 46.6 Å². The van der Waals surface area contributed by atoms with Crippen LogP contribution in [0.5, 0.6) is 23.0 Å². The van der Waals surface area contributed by atoms with Crippen LogP contribution in [0.4, 0.5) is 11.4 Å². The highest BCUT2D eigenvalue weighted by molar-refractivity contribution is 6.36. The fourth-order valence-corrected chi connectivity index (χ4v) is 6.88. The van der Waals surface area contributed by atoms with E-state index in [0.29, 0.717) is 45.5 Å². The number of ketones is 2.